The highest BCUT2D eigenvalue weighted by Crippen LogP contribution is 2.24. The summed E-state index contributed by atoms with van der Waals surface area (Å²) in [7, 11) is 0. The van der Waals surface area contributed by atoms with Gasteiger partial charge in [0.05, 0.1) is 26.2 Å². The lowest BCUT2D eigenvalue weighted by Gasteiger charge is -2.35. The molecule has 0 bridgehead atoms. The fourth-order valence-corrected chi connectivity index (χ4v) is 4.47. The minimum Gasteiger partial charge on any atom is -0.360 e. The minimum atomic E-state index is 0.274. The van der Waals surface area contributed by atoms with E-state index in [0.717, 1.165) is 50.7 Å². The predicted octanol–water partition coefficient (Wildman–Crippen LogP) is 2.67. The highest BCUT2D eigenvalue weighted by atomic mass is 35.5. The van der Waals surface area contributed by atoms with Gasteiger partial charge in [0.1, 0.15) is 0 Å². The van der Waals surface area contributed by atoms with Crippen molar-refractivity contribution < 1.29 is 9.69 Å². The van der Waals surface area contributed by atoms with Gasteiger partial charge in [-0.2, -0.15) is 0 Å². The monoisotopic (exact) mass is 410 g/mol. The summed E-state index contributed by atoms with van der Waals surface area (Å²) in [6.45, 7) is 8.15. The van der Waals surface area contributed by atoms with E-state index in [1.165, 1.54) is 27.3 Å². The van der Waals surface area contributed by atoms with E-state index in [9.17, 15) is 4.79 Å². The van der Waals surface area contributed by atoms with Crippen molar-refractivity contribution in [3.05, 3.63) is 70.8 Å². The Morgan fingerprint density at radius 3 is 2.52 bits per heavy atom. The second-order valence-corrected chi connectivity index (χ2v) is 8.47. The number of benzene rings is 2. The van der Waals surface area contributed by atoms with Gasteiger partial charge in [-0.3, -0.25) is 4.79 Å². The third-order valence-corrected chi connectivity index (χ3v) is 6.33. The van der Waals surface area contributed by atoms with E-state index >= 15 is 0 Å². The molecule has 0 unspecified atom stereocenters. The van der Waals surface area contributed by atoms with Gasteiger partial charge in [-0.05, 0) is 42.2 Å². The molecule has 1 saturated heterocycles. The molecular formula is C24H29ClN3O+. The Morgan fingerprint density at radius 1 is 1.07 bits per heavy atom. The molecule has 2 heterocycles. The van der Waals surface area contributed by atoms with E-state index in [2.05, 4.69) is 54.3 Å². The average Bonchev–Trinajstić information content (AvgIpc) is 2.77. The molecule has 2 aliphatic heterocycles. The van der Waals surface area contributed by atoms with Crippen molar-refractivity contribution in [1.82, 2.24) is 4.90 Å². The number of hydrogen-bond acceptors (Lipinski definition) is 2. The van der Waals surface area contributed by atoms with Crippen molar-refractivity contribution in [1.29, 1.82) is 0 Å². The van der Waals surface area contributed by atoms with E-state index in [1.807, 2.05) is 17.0 Å². The second kappa shape index (κ2) is 9.02. The van der Waals surface area contributed by atoms with Crippen LogP contribution in [0.3, 0.4) is 0 Å². The van der Waals surface area contributed by atoms with Crippen molar-refractivity contribution in [3.63, 3.8) is 0 Å². The van der Waals surface area contributed by atoms with Crippen LogP contribution in [0.5, 0.6) is 0 Å². The van der Waals surface area contributed by atoms with Crippen LogP contribution >= 0.6 is 11.6 Å². The number of anilines is 1. The summed E-state index contributed by atoms with van der Waals surface area (Å²) in [4.78, 5) is 18.6. The standard InChI is InChI=1S/C24H28ClN3O/c1-19-7-8-22(25)17-23(19)27-15-13-26(14-16-27)18-24(29)28-11-9-21(10-12-28)20-5-3-2-4-6-20/h2-9,17H,10-16,18H2,1H3/p+1. The van der Waals surface area contributed by atoms with Gasteiger partial charge in [0.25, 0.3) is 5.91 Å². The Morgan fingerprint density at radius 2 is 1.83 bits per heavy atom. The quantitative estimate of drug-likeness (QED) is 0.839. The first-order valence-corrected chi connectivity index (χ1v) is 10.8. The highest BCUT2D eigenvalue weighted by molar-refractivity contribution is 6.30. The Labute approximate surface area is 178 Å². The maximum Gasteiger partial charge on any atom is 0.278 e. The first-order valence-electron chi connectivity index (χ1n) is 10.5. The third kappa shape index (κ3) is 4.82. The number of carbonyl (C=O) groups excluding carboxylic acids is 1. The molecule has 0 atom stereocenters. The van der Waals surface area contributed by atoms with Crippen molar-refractivity contribution in [2.24, 2.45) is 0 Å². The molecule has 2 aromatic carbocycles. The number of aryl methyl sites for hydroxylation is 1. The zero-order valence-corrected chi connectivity index (χ0v) is 17.8. The first kappa shape index (κ1) is 20.0. The summed E-state index contributed by atoms with van der Waals surface area (Å²) >= 11 is 6.18. The van der Waals surface area contributed by atoms with Gasteiger partial charge in [-0.15, -0.1) is 0 Å². The maximum absolute atomic E-state index is 12.8. The summed E-state index contributed by atoms with van der Waals surface area (Å²) in [5, 5.41) is 0.781. The zero-order valence-electron chi connectivity index (χ0n) is 17.0. The summed E-state index contributed by atoms with van der Waals surface area (Å²) in [6, 6.07) is 16.5. The molecular weight excluding hydrogens is 382 g/mol. The SMILES string of the molecule is Cc1ccc(Cl)cc1N1CC[NH+](CC(=O)N2CC=C(c3ccccc3)CC2)CC1. The topological polar surface area (TPSA) is 28.0 Å². The number of carbonyl (C=O) groups is 1. The molecule has 4 nitrogen and oxygen atoms in total. The van der Waals surface area contributed by atoms with Gasteiger partial charge in [0, 0.05) is 23.8 Å². The van der Waals surface area contributed by atoms with Gasteiger partial charge in [0.15, 0.2) is 6.54 Å². The third-order valence-electron chi connectivity index (χ3n) is 6.09. The van der Waals surface area contributed by atoms with Crippen molar-refractivity contribution in [3.8, 4) is 0 Å². The summed E-state index contributed by atoms with van der Waals surface area (Å²) in [5.41, 5.74) is 5.10. The van der Waals surface area contributed by atoms with Crippen LogP contribution in [0, 0.1) is 6.92 Å². The summed E-state index contributed by atoms with van der Waals surface area (Å²) in [5.74, 6) is 0.274. The average molecular weight is 411 g/mol. The van der Waals surface area contributed by atoms with Gasteiger partial charge < -0.3 is 14.7 Å². The van der Waals surface area contributed by atoms with Gasteiger partial charge >= 0.3 is 0 Å². The molecule has 1 fully saturated rings. The van der Waals surface area contributed by atoms with Gasteiger partial charge in [-0.1, -0.05) is 54.1 Å². The van der Waals surface area contributed by atoms with Crippen LogP contribution in [-0.2, 0) is 4.79 Å². The fraction of sp³-hybridized carbons (Fsp3) is 0.375. The van der Waals surface area contributed by atoms with Crippen LogP contribution in [0.2, 0.25) is 5.02 Å². The van der Waals surface area contributed by atoms with Crippen molar-refractivity contribution >= 4 is 28.8 Å². The number of hydrogen-bond donors (Lipinski definition) is 1. The number of rotatable bonds is 4. The Balaban J connectivity index is 1.28. The zero-order chi connectivity index (χ0) is 20.2. The highest BCUT2D eigenvalue weighted by Gasteiger charge is 2.26. The fourth-order valence-electron chi connectivity index (χ4n) is 4.30. The summed E-state index contributed by atoms with van der Waals surface area (Å²) < 4.78 is 0. The molecule has 0 saturated carbocycles. The predicted molar refractivity (Wildman–Crippen MR) is 120 cm³/mol. The molecule has 0 radical (unpaired) electrons. The van der Waals surface area contributed by atoms with Crippen LogP contribution in [0.4, 0.5) is 5.69 Å². The van der Waals surface area contributed by atoms with E-state index < -0.39 is 0 Å². The van der Waals surface area contributed by atoms with Crippen LogP contribution in [0.25, 0.3) is 5.57 Å². The molecule has 152 valence electrons. The molecule has 29 heavy (non-hydrogen) atoms. The Hall–Kier alpha value is -2.30. The van der Waals surface area contributed by atoms with Crippen molar-refractivity contribution in [2.45, 2.75) is 13.3 Å². The van der Waals surface area contributed by atoms with E-state index in [4.69, 9.17) is 11.6 Å². The second-order valence-electron chi connectivity index (χ2n) is 8.03. The largest absolute Gasteiger partial charge is 0.360 e. The molecule has 0 aromatic heterocycles. The van der Waals surface area contributed by atoms with E-state index in [1.54, 1.807) is 0 Å². The normalized spacial score (nSPS) is 17.9. The van der Waals surface area contributed by atoms with Crippen LogP contribution in [0.15, 0.2) is 54.6 Å². The number of nitrogens with one attached hydrogen (secondary N) is 1. The number of nitrogens with zero attached hydrogens (tertiary/aromatic N) is 2. The molecule has 4 rings (SSSR count). The maximum atomic E-state index is 12.8. The molecule has 0 spiro atoms. The minimum absolute atomic E-state index is 0.274. The lowest BCUT2D eigenvalue weighted by Crippen LogP contribution is -3.16. The van der Waals surface area contributed by atoms with Gasteiger partial charge in [0.2, 0.25) is 0 Å². The number of halogens is 1. The first-order chi connectivity index (χ1) is 14.1. The number of piperazine rings is 1. The van der Waals surface area contributed by atoms with Crippen LogP contribution in [-0.4, -0.2) is 56.6 Å². The molecule has 0 aliphatic carbocycles. The smallest absolute Gasteiger partial charge is 0.278 e. The van der Waals surface area contributed by atoms with E-state index in [0.29, 0.717) is 6.54 Å². The number of quaternary nitrogens is 1. The summed E-state index contributed by atoms with van der Waals surface area (Å²) in [6.07, 6.45) is 3.15. The molecule has 1 amide bonds. The molecule has 2 aliphatic rings. The Kier molecular flexibility index (Phi) is 6.22. The lowest BCUT2D eigenvalue weighted by molar-refractivity contribution is -0.892. The molecule has 1 N–H and O–H groups in total. The lowest BCUT2D eigenvalue weighted by atomic mass is 9.99. The van der Waals surface area contributed by atoms with Gasteiger partial charge in [-0.25, -0.2) is 0 Å². The van der Waals surface area contributed by atoms with Crippen LogP contribution in [0.1, 0.15) is 17.5 Å². The molecule has 5 heteroatoms. The van der Waals surface area contributed by atoms with Crippen molar-refractivity contribution in [2.75, 3.05) is 50.7 Å². The number of amides is 1. The Bertz CT molecular complexity index is 888. The van der Waals surface area contributed by atoms with E-state index in [-0.39, 0.29) is 5.91 Å². The molecule has 2 aromatic rings. The van der Waals surface area contributed by atoms with Crippen LogP contribution < -0.4 is 9.80 Å².